The number of hydrogen-bond acceptors (Lipinski definition) is 6. The van der Waals surface area contributed by atoms with Gasteiger partial charge in [0.25, 0.3) is 0 Å². The molecule has 0 aromatic heterocycles. The molecule has 1 saturated heterocycles. The number of piperidine rings is 1. The quantitative estimate of drug-likeness (QED) is 0.568. The lowest BCUT2D eigenvalue weighted by Gasteiger charge is -2.34. The van der Waals surface area contributed by atoms with Crippen LogP contribution in [0.4, 0.5) is 0 Å². The molecule has 4 rings (SSSR count). The average molecular weight is 469 g/mol. The van der Waals surface area contributed by atoms with Crippen LogP contribution in [0.15, 0.2) is 42.5 Å². The number of fused-ring (bicyclic) bond motifs is 1. The zero-order chi connectivity index (χ0) is 23.8. The van der Waals surface area contributed by atoms with Crippen molar-refractivity contribution in [2.75, 3.05) is 46.6 Å². The van der Waals surface area contributed by atoms with Crippen LogP contribution >= 0.6 is 0 Å². The smallest absolute Gasteiger partial charge is 0.223 e. The summed E-state index contributed by atoms with van der Waals surface area (Å²) in [5.41, 5.74) is 1.14. The highest BCUT2D eigenvalue weighted by Crippen LogP contribution is 2.34. The molecule has 1 amide bonds. The van der Waals surface area contributed by atoms with Crippen molar-refractivity contribution >= 4 is 5.91 Å². The van der Waals surface area contributed by atoms with Crippen LogP contribution in [-0.4, -0.2) is 63.4 Å². The van der Waals surface area contributed by atoms with Gasteiger partial charge in [-0.15, -0.1) is 0 Å². The van der Waals surface area contributed by atoms with E-state index in [2.05, 4.69) is 29.3 Å². The Morgan fingerprint density at radius 3 is 2.44 bits per heavy atom. The number of likely N-dealkylation sites (tertiary alicyclic amines) is 1. The molecule has 2 aromatic carbocycles. The fourth-order valence-corrected chi connectivity index (χ4v) is 4.54. The van der Waals surface area contributed by atoms with Crippen LogP contribution in [0, 0.1) is 0 Å². The summed E-state index contributed by atoms with van der Waals surface area (Å²) in [5.74, 6) is 3.20. The van der Waals surface area contributed by atoms with E-state index >= 15 is 0 Å². The molecule has 0 spiro atoms. The molecule has 0 aliphatic carbocycles. The number of nitrogens with zero attached hydrogens (tertiary/aromatic N) is 1. The fourth-order valence-electron chi connectivity index (χ4n) is 4.54. The standard InChI is InChI=1S/C27H36N2O5/c1-20(21-6-11-25-26(18-21)34-17-16-33-25)24(19-29-13-4-3-5-14-29)28-27(30)12-15-32-23-9-7-22(31-2)8-10-23/h6-11,18,20,24H,3-5,12-17,19H2,1-2H3,(H,28,30)/t20-,24-/m1/s1. The molecule has 34 heavy (non-hydrogen) atoms. The number of benzene rings is 2. The summed E-state index contributed by atoms with van der Waals surface area (Å²) >= 11 is 0. The zero-order valence-electron chi connectivity index (χ0n) is 20.3. The van der Waals surface area contributed by atoms with Crippen LogP contribution in [0.25, 0.3) is 0 Å². The van der Waals surface area contributed by atoms with Gasteiger partial charge in [-0.25, -0.2) is 0 Å². The number of rotatable bonds is 10. The molecule has 2 aliphatic rings. The molecule has 7 nitrogen and oxygen atoms in total. The van der Waals surface area contributed by atoms with Gasteiger partial charge in [0.15, 0.2) is 11.5 Å². The van der Waals surface area contributed by atoms with Gasteiger partial charge in [0.2, 0.25) is 5.91 Å². The minimum Gasteiger partial charge on any atom is -0.497 e. The highest BCUT2D eigenvalue weighted by molar-refractivity contribution is 5.76. The van der Waals surface area contributed by atoms with Gasteiger partial charge in [-0.05, 0) is 67.9 Å². The highest BCUT2D eigenvalue weighted by Gasteiger charge is 2.26. The Kier molecular flexibility index (Phi) is 8.52. The maximum Gasteiger partial charge on any atom is 0.223 e. The number of carbonyl (C=O) groups is 1. The van der Waals surface area contributed by atoms with E-state index in [1.807, 2.05) is 30.3 Å². The number of hydrogen-bond donors (Lipinski definition) is 1. The number of methoxy groups -OCH3 is 1. The molecule has 0 radical (unpaired) electrons. The number of ether oxygens (including phenoxy) is 4. The monoisotopic (exact) mass is 468 g/mol. The van der Waals surface area contributed by atoms with Crippen molar-refractivity contribution in [3.63, 3.8) is 0 Å². The molecule has 0 bridgehead atoms. The van der Waals surface area contributed by atoms with E-state index in [0.717, 1.165) is 48.2 Å². The SMILES string of the molecule is COc1ccc(OCCC(=O)N[C@H](CN2CCCCC2)[C@H](C)c2ccc3c(c2)OCCO3)cc1. The molecule has 2 aromatic rings. The Hall–Kier alpha value is -2.93. The van der Waals surface area contributed by atoms with Crippen molar-refractivity contribution in [1.82, 2.24) is 10.2 Å². The number of carbonyl (C=O) groups excluding carboxylic acids is 1. The number of nitrogens with one attached hydrogen (secondary N) is 1. The van der Waals surface area contributed by atoms with E-state index in [1.54, 1.807) is 7.11 Å². The molecule has 2 atom stereocenters. The largest absolute Gasteiger partial charge is 0.497 e. The van der Waals surface area contributed by atoms with Gasteiger partial charge < -0.3 is 29.2 Å². The third-order valence-corrected chi connectivity index (χ3v) is 6.60. The maximum atomic E-state index is 12.9. The molecule has 1 fully saturated rings. The Morgan fingerprint density at radius 2 is 1.71 bits per heavy atom. The predicted molar refractivity (Wildman–Crippen MR) is 131 cm³/mol. The van der Waals surface area contributed by atoms with E-state index in [0.29, 0.717) is 26.2 Å². The minimum atomic E-state index is -0.00542. The summed E-state index contributed by atoms with van der Waals surface area (Å²) in [6.07, 6.45) is 4.02. The summed E-state index contributed by atoms with van der Waals surface area (Å²) in [5, 5.41) is 3.29. The lowest BCUT2D eigenvalue weighted by atomic mass is 9.91. The van der Waals surface area contributed by atoms with Gasteiger partial charge in [0.05, 0.1) is 20.1 Å². The molecule has 184 valence electrons. The van der Waals surface area contributed by atoms with Crippen LogP contribution in [0.3, 0.4) is 0 Å². The molecule has 1 N–H and O–H groups in total. The first kappa shape index (κ1) is 24.2. The van der Waals surface area contributed by atoms with Crippen molar-refractivity contribution in [2.45, 2.75) is 44.6 Å². The van der Waals surface area contributed by atoms with E-state index in [-0.39, 0.29) is 17.9 Å². The van der Waals surface area contributed by atoms with Crippen molar-refractivity contribution in [1.29, 1.82) is 0 Å². The van der Waals surface area contributed by atoms with Crippen LogP contribution in [-0.2, 0) is 4.79 Å². The van der Waals surface area contributed by atoms with E-state index in [9.17, 15) is 4.79 Å². The summed E-state index contributed by atoms with van der Waals surface area (Å²) < 4.78 is 22.4. The molecule has 0 saturated carbocycles. The molecule has 2 aliphatic heterocycles. The van der Waals surface area contributed by atoms with Crippen LogP contribution in [0.2, 0.25) is 0 Å². The highest BCUT2D eigenvalue weighted by atomic mass is 16.6. The second kappa shape index (κ2) is 12.0. The maximum absolute atomic E-state index is 12.9. The second-order valence-corrected chi connectivity index (χ2v) is 9.00. The van der Waals surface area contributed by atoms with Gasteiger partial charge in [-0.3, -0.25) is 4.79 Å². The first-order chi connectivity index (χ1) is 16.6. The first-order valence-electron chi connectivity index (χ1n) is 12.3. The topological polar surface area (TPSA) is 69.3 Å². The van der Waals surface area contributed by atoms with Gasteiger partial charge in [0.1, 0.15) is 24.7 Å². The van der Waals surface area contributed by atoms with Gasteiger partial charge in [-0.1, -0.05) is 19.4 Å². The summed E-state index contributed by atoms with van der Waals surface area (Å²) in [6.45, 7) is 6.64. The summed E-state index contributed by atoms with van der Waals surface area (Å²) in [6, 6.07) is 13.5. The van der Waals surface area contributed by atoms with E-state index in [1.165, 1.54) is 19.3 Å². The molecule has 0 unspecified atom stereocenters. The van der Waals surface area contributed by atoms with Crippen molar-refractivity contribution in [3.8, 4) is 23.0 Å². The van der Waals surface area contributed by atoms with Crippen molar-refractivity contribution in [2.24, 2.45) is 0 Å². The molecular formula is C27H36N2O5. The van der Waals surface area contributed by atoms with E-state index < -0.39 is 0 Å². The average Bonchev–Trinajstić information content (AvgIpc) is 2.88. The van der Waals surface area contributed by atoms with Crippen LogP contribution < -0.4 is 24.3 Å². The number of amides is 1. The van der Waals surface area contributed by atoms with Crippen molar-refractivity contribution in [3.05, 3.63) is 48.0 Å². The molecule has 2 heterocycles. The lowest BCUT2D eigenvalue weighted by molar-refractivity contribution is -0.122. The lowest BCUT2D eigenvalue weighted by Crippen LogP contribution is -2.48. The Bertz CT molecular complexity index is 927. The van der Waals surface area contributed by atoms with Gasteiger partial charge in [-0.2, -0.15) is 0 Å². The van der Waals surface area contributed by atoms with Gasteiger partial charge >= 0.3 is 0 Å². The van der Waals surface area contributed by atoms with Crippen LogP contribution in [0.5, 0.6) is 23.0 Å². The molecule has 7 heteroatoms. The van der Waals surface area contributed by atoms with E-state index in [4.69, 9.17) is 18.9 Å². The predicted octanol–water partition coefficient (Wildman–Crippen LogP) is 4.01. The third-order valence-electron chi connectivity index (χ3n) is 6.60. The molecular weight excluding hydrogens is 432 g/mol. The third kappa shape index (κ3) is 6.56. The Morgan fingerprint density at radius 1 is 1.00 bits per heavy atom. The first-order valence-corrected chi connectivity index (χ1v) is 12.3. The second-order valence-electron chi connectivity index (χ2n) is 9.00. The summed E-state index contributed by atoms with van der Waals surface area (Å²) in [4.78, 5) is 15.3. The Labute approximate surface area is 202 Å². The normalized spacial score (nSPS) is 17.5. The fraction of sp³-hybridized carbons (Fsp3) is 0.519. The minimum absolute atomic E-state index is 0.0000792. The van der Waals surface area contributed by atoms with Crippen molar-refractivity contribution < 1.29 is 23.7 Å². The van der Waals surface area contributed by atoms with Crippen LogP contribution in [0.1, 0.15) is 44.1 Å². The zero-order valence-corrected chi connectivity index (χ0v) is 20.3. The Balaban J connectivity index is 1.37. The summed E-state index contributed by atoms with van der Waals surface area (Å²) in [7, 11) is 1.63. The van der Waals surface area contributed by atoms with Gasteiger partial charge in [0, 0.05) is 18.5 Å².